The van der Waals surface area contributed by atoms with Crippen LogP contribution in [0.5, 0.6) is 0 Å². The summed E-state index contributed by atoms with van der Waals surface area (Å²) in [5, 5.41) is 23.8. The molecule has 1 unspecified atom stereocenters. The molecule has 12 nitrogen and oxygen atoms in total. The van der Waals surface area contributed by atoms with Gasteiger partial charge in [0.25, 0.3) is 5.91 Å². The number of unbranched alkanes of at least 4 members (excludes halogenated alkanes) is 3. The van der Waals surface area contributed by atoms with Crippen LogP contribution in [0.1, 0.15) is 90.7 Å². The second-order valence-corrected chi connectivity index (χ2v) is 11.5. The quantitative estimate of drug-likeness (QED) is 0.130. The molecule has 3 aromatic rings. The van der Waals surface area contributed by atoms with E-state index in [1.165, 1.54) is 0 Å². The lowest BCUT2D eigenvalue weighted by Gasteiger charge is -2.16. The second kappa shape index (κ2) is 20.3. The minimum Gasteiger partial charge on any atom is -0.394 e. The molecular formula is C35H49N7O5. The van der Waals surface area contributed by atoms with Gasteiger partial charge in [0.05, 0.1) is 32.4 Å². The predicted octanol–water partition coefficient (Wildman–Crippen LogP) is 4.95. The summed E-state index contributed by atoms with van der Waals surface area (Å²) >= 11 is 0. The summed E-state index contributed by atoms with van der Waals surface area (Å²) in [6.45, 7) is 6.25. The maximum atomic E-state index is 13.2. The Labute approximate surface area is 277 Å². The molecule has 47 heavy (non-hydrogen) atoms. The van der Waals surface area contributed by atoms with Gasteiger partial charge in [-0.25, -0.2) is 4.99 Å². The molecule has 1 aliphatic rings. The van der Waals surface area contributed by atoms with E-state index >= 15 is 0 Å². The largest absolute Gasteiger partial charge is 0.394 e. The zero-order valence-corrected chi connectivity index (χ0v) is 27.6. The van der Waals surface area contributed by atoms with Crippen molar-refractivity contribution in [2.75, 3.05) is 45.0 Å². The molecule has 0 aliphatic carbocycles. The average molecular weight is 648 g/mol. The van der Waals surface area contributed by atoms with Crippen LogP contribution in [0.2, 0.25) is 0 Å². The van der Waals surface area contributed by atoms with E-state index in [4.69, 9.17) is 19.3 Å². The van der Waals surface area contributed by atoms with E-state index in [1.807, 2.05) is 61.2 Å². The number of amides is 1. The van der Waals surface area contributed by atoms with Crippen LogP contribution in [0.25, 0.3) is 0 Å². The number of aromatic nitrogens is 3. The molecule has 254 valence electrons. The molecule has 0 fully saturated rings. The molecule has 4 rings (SSSR count). The first-order chi connectivity index (χ1) is 23.0. The van der Waals surface area contributed by atoms with E-state index in [0.29, 0.717) is 51.6 Å². The van der Waals surface area contributed by atoms with Crippen molar-refractivity contribution < 1.29 is 24.1 Å². The highest BCUT2D eigenvalue weighted by atomic mass is 16.5. The number of benzene rings is 2. The van der Waals surface area contributed by atoms with Gasteiger partial charge in [-0.05, 0) is 55.5 Å². The van der Waals surface area contributed by atoms with Crippen molar-refractivity contribution in [1.82, 2.24) is 20.1 Å². The molecule has 2 atom stereocenters. The Balaban J connectivity index is 1.13. The van der Waals surface area contributed by atoms with Crippen LogP contribution >= 0.6 is 0 Å². The molecule has 0 saturated heterocycles. The lowest BCUT2D eigenvalue weighted by molar-refractivity contribution is 0.0627. The van der Waals surface area contributed by atoms with E-state index in [9.17, 15) is 4.79 Å². The maximum Gasteiger partial charge on any atom is 0.251 e. The van der Waals surface area contributed by atoms with E-state index in [0.717, 1.165) is 67.2 Å². The summed E-state index contributed by atoms with van der Waals surface area (Å²) in [5.41, 5.74) is 3.51. The number of aliphatic hydroxyl groups is 1. The van der Waals surface area contributed by atoms with Gasteiger partial charge in [0, 0.05) is 57.4 Å². The summed E-state index contributed by atoms with van der Waals surface area (Å²) in [5.74, 6) is 1.43. The van der Waals surface area contributed by atoms with Crippen molar-refractivity contribution >= 4 is 24.1 Å². The number of hydrogen-bond donors (Lipinski definition) is 3. The van der Waals surface area contributed by atoms with Crippen molar-refractivity contribution in [1.29, 1.82) is 0 Å². The molecule has 0 radical (unpaired) electrons. The van der Waals surface area contributed by atoms with Crippen molar-refractivity contribution in [3.63, 3.8) is 0 Å². The number of nitrogens with one attached hydrogen (secondary N) is 2. The summed E-state index contributed by atoms with van der Waals surface area (Å²) in [7, 11) is 1.93. The van der Waals surface area contributed by atoms with Crippen LogP contribution in [-0.2, 0) is 34.4 Å². The predicted molar refractivity (Wildman–Crippen MR) is 183 cm³/mol. The maximum absolute atomic E-state index is 13.2. The lowest BCUT2D eigenvalue weighted by Crippen LogP contribution is -2.26. The van der Waals surface area contributed by atoms with Gasteiger partial charge >= 0.3 is 0 Å². The number of aliphatic imine (C=N–C) groups is 2. The molecule has 3 N–H and O–H groups in total. The standard InChI is InChI=1S/C35H49N7O5/c1-27(29-11-7-10-28(22-29)25-47-18-6-4-3-5-17-45-19-9-20-46-21-16-43)39-35(44)30-12-8-13-31(23-30)37-24-33-40-41-34(42(33)2)32-14-15-36-26-38-32/h7-8,10-13,15,22-23,26-27,32,37,43H,3-6,9,14,16-21,24-25H2,1-2H3,(H,39,44)/t27-,32?/m1/s1. The molecule has 2 heterocycles. The average Bonchev–Trinajstić information content (AvgIpc) is 3.47. The van der Waals surface area contributed by atoms with Gasteiger partial charge in [0.2, 0.25) is 0 Å². The van der Waals surface area contributed by atoms with Gasteiger partial charge in [-0.1, -0.05) is 43.2 Å². The van der Waals surface area contributed by atoms with Gasteiger partial charge in [-0.3, -0.25) is 9.79 Å². The summed E-state index contributed by atoms with van der Waals surface area (Å²) < 4.78 is 18.7. The van der Waals surface area contributed by atoms with Gasteiger partial charge in [0.1, 0.15) is 12.4 Å². The van der Waals surface area contributed by atoms with Gasteiger partial charge < -0.3 is 34.5 Å². The Morgan fingerprint density at radius 2 is 1.72 bits per heavy atom. The van der Waals surface area contributed by atoms with Crippen LogP contribution < -0.4 is 10.6 Å². The molecule has 1 amide bonds. The molecule has 0 bridgehead atoms. The summed E-state index contributed by atoms with van der Waals surface area (Å²) in [6.07, 6.45) is 9.22. The van der Waals surface area contributed by atoms with Crippen molar-refractivity contribution in [3.8, 4) is 0 Å². The molecule has 1 aromatic heterocycles. The number of carbonyl (C=O) groups excluding carboxylic acids is 1. The minimum absolute atomic E-state index is 0.0643. The third-order valence-electron chi connectivity index (χ3n) is 7.83. The molecule has 12 heteroatoms. The van der Waals surface area contributed by atoms with E-state index in [-0.39, 0.29) is 24.6 Å². The fraction of sp³-hybridized carbons (Fsp3) is 0.514. The van der Waals surface area contributed by atoms with Gasteiger partial charge in [-0.2, -0.15) is 0 Å². The Bertz CT molecular complexity index is 1430. The Hall–Kier alpha value is -3.97. The molecule has 0 saturated carbocycles. The first-order valence-electron chi connectivity index (χ1n) is 16.5. The fourth-order valence-electron chi connectivity index (χ4n) is 5.13. The first kappa shape index (κ1) is 35.9. The number of anilines is 1. The number of carbonyl (C=O) groups is 1. The fourth-order valence-corrected chi connectivity index (χ4v) is 5.13. The number of rotatable bonds is 22. The SMILES string of the molecule is C[C@@H](NC(=O)c1cccc(NCc2nnc(C3CC=NC=N3)n2C)c1)c1cccc(COCCCCCCOCCCOCCO)c1. The highest BCUT2D eigenvalue weighted by Gasteiger charge is 2.19. The number of aliphatic hydroxyl groups excluding tert-OH is 1. The molecule has 1 aliphatic heterocycles. The van der Waals surface area contributed by atoms with Crippen LogP contribution in [0.3, 0.4) is 0 Å². The van der Waals surface area contributed by atoms with E-state index in [1.54, 1.807) is 6.34 Å². The Morgan fingerprint density at radius 1 is 0.957 bits per heavy atom. The summed E-state index contributed by atoms with van der Waals surface area (Å²) in [6, 6.07) is 15.4. The molecular weight excluding hydrogens is 598 g/mol. The van der Waals surface area contributed by atoms with Crippen LogP contribution in [-0.4, -0.2) is 78.0 Å². The normalized spacial score (nSPS) is 14.7. The smallest absolute Gasteiger partial charge is 0.251 e. The minimum atomic E-state index is -0.168. The van der Waals surface area contributed by atoms with Gasteiger partial charge in [-0.15, -0.1) is 10.2 Å². The highest BCUT2D eigenvalue weighted by Crippen LogP contribution is 2.21. The van der Waals surface area contributed by atoms with Crippen LogP contribution in [0.15, 0.2) is 58.5 Å². The zero-order valence-electron chi connectivity index (χ0n) is 27.6. The monoisotopic (exact) mass is 647 g/mol. The topological polar surface area (TPSA) is 144 Å². The van der Waals surface area contributed by atoms with Crippen molar-refractivity contribution in [2.24, 2.45) is 17.0 Å². The van der Waals surface area contributed by atoms with E-state index in [2.05, 4.69) is 42.9 Å². The molecule has 2 aromatic carbocycles. The Kier molecular flexibility index (Phi) is 15.5. The highest BCUT2D eigenvalue weighted by molar-refractivity contribution is 5.95. The number of ether oxygens (including phenoxy) is 3. The molecule has 0 spiro atoms. The first-order valence-corrected chi connectivity index (χ1v) is 16.5. The third kappa shape index (κ3) is 12.3. The van der Waals surface area contributed by atoms with E-state index < -0.39 is 0 Å². The van der Waals surface area contributed by atoms with Crippen molar-refractivity contribution in [3.05, 3.63) is 76.9 Å². The number of hydrogen-bond acceptors (Lipinski definition) is 10. The Morgan fingerprint density at radius 3 is 2.51 bits per heavy atom. The second-order valence-electron chi connectivity index (χ2n) is 11.5. The van der Waals surface area contributed by atoms with Gasteiger partial charge in [0.15, 0.2) is 11.6 Å². The zero-order chi connectivity index (χ0) is 33.1. The lowest BCUT2D eigenvalue weighted by atomic mass is 10.0. The number of nitrogens with zero attached hydrogens (tertiary/aromatic N) is 5. The van der Waals surface area contributed by atoms with Crippen LogP contribution in [0, 0.1) is 0 Å². The van der Waals surface area contributed by atoms with Crippen LogP contribution in [0.4, 0.5) is 5.69 Å². The summed E-state index contributed by atoms with van der Waals surface area (Å²) in [4.78, 5) is 21.6. The third-order valence-corrected chi connectivity index (χ3v) is 7.83. The van der Waals surface area contributed by atoms with Crippen molar-refractivity contribution in [2.45, 2.75) is 70.7 Å².